The molecule has 0 amide bonds. The Morgan fingerprint density at radius 2 is 2.05 bits per heavy atom. The van der Waals surface area contributed by atoms with E-state index in [1.165, 1.54) is 4.68 Å². The summed E-state index contributed by atoms with van der Waals surface area (Å²) in [5, 5.41) is 7.27. The first-order valence-corrected chi connectivity index (χ1v) is 8.03. The van der Waals surface area contributed by atoms with E-state index < -0.39 is 0 Å². The van der Waals surface area contributed by atoms with Crippen molar-refractivity contribution in [3.8, 4) is 0 Å². The summed E-state index contributed by atoms with van der Waals surface area (Å²) in [6, 6.07) is 8.12. The zero-order chi connectivity index (χ0) is 15.9. The van der Waals surface area contributed by atoms with Gasteiger partial charge in [-0.05, 0) is 33.5 Å². The van der Waals surface area contributed by atoms with Crippen LogP contribution < -0.4 is 10.9 Å². The third-order valence-corrected chi connectivity index (χ3v) is 4.04. The highest BCUT2D eigenvalue weighted by atomic mass is 79.9. The molecule has 2 rings (SSSR count). The minimum absolute atomic E-state index is 0.162. The Morgan fingerprint density at radius 3 is 2.77 bits per heavy atom. The molecule has 0 radical (unpaired) electrons. The van der Waals surface area contributed by atoms with Crippen LogP contribution >= 0.6 is 15.9 Å². The van der Waals surface area contributed by atoms with Gasteiger partial charge in [0.25, 0.3) is 5.56 Å². The molecule has 0 aliphatic carbocycles. The molecule has 0 aliphatic rings. The smallest absolute Gasteiger partial charge is 0.282 e. The average Bonchev–Trinajstić information content (AvgIpc) is 2.53. The Hall–Kier alpha value is -1.66. The Morgan fingerprint density at radius 1 is 1.32 bits per heavy atom. The van der Waals surface area contributed by atoms with Gasteiger partial charge in [-0.25, -0.2) is 4.68 Å². The maximum atomic E-state index is 11.8. The van der Waals surface area contributed by atoms with Gasteiger partial charge >= 0.3 is 0 Å². The number of benzene rings is 1. The van der Waals surface area contributed by atoms with Crippen LogP contribution in [0, 0.1) is 0 Å². The number of nitrogens with zero attached hydrogens (tertiary/aromatic N) is 2. The summed E-state index contributed by atoms with van der Waals surface area (Å²) in [5.74, 6) is 0. The zero-order valence-corrected chi connectivity index (χ0v) is 14.4. The van der Waals surface area contributed by atoms with Crippen LogP contribution in [-0.2, 0) is 24.9 Å². The van der Waals surface area contributed by atoms with Crippen molar-refractivity contribution in [2.75, 3.05) is 11.9 Å². The SMILES string of the molecule is CCCOCc1ccccc1CNc1cnn(C)c(=O)c1Br. The average molecular weight is 366 g/mol. The monoisotopic (exact) mass is 365 g/mol. The molecule has 1 heterocycles. The molecule has 22 heavy (non-hydrogen) atoms. The number of anilines is 1. The van der Waals surface area contributed by atoms with Crippen LogP contribution in [0.2, 0.25) is 0 Å². The molecule has 1 aromatic heterocycles. The fourth-order valence-electron chi connectivity index (χ4n) is 2.02. The Bertz CT molecular complexity index is 685. The quantitative estimate of drug-likeness (QED) is 0.766. The number of aryl methyl sites for hydroxylation is 1. The number of halogens is 1. The van der Waals surface area contributed by atoms with E-state index in [1.807, 2.05) is 12.1 Å². The summed E-state index contributed by atoms with van der Waals surface area (Å²) >= 11 is 3.31. The van der Waals surface area contributed by atoms with E-state index in [2.05, 4.69) is 45.4 Å². The number of ether oxygens (including phenoxy) is 1. The molecule has 0 unspecified atom stereocenters. The van der Waals surface area contributed by atoms with Gasteiger partial charge in [0.1, 0.15) is 4.47 Å². The van der Waals surface area contributed by atoms with Crippen molar-refractivity contribution in [3.05, 3.63) is 56.4 Å². The molecular formula is C16H20BrN3O2. The van der Waals surface area contributed by atoms with E-state index in [-0.39, 0.29) is 5.56 Å². The van der Waals surface area contributed by atoms with Crippen LogP contribution in [0.15, 0.2) is 39.7 Å². The summed E-state index contributed by atoms with van der Waals surface area (Å²) in [6.45, 7) is 4.06. The number of nitrogens with one attached hydrogen (secondary N) is 1. The molecule has 0 atom stereocenters. The highest BCUT2D eigenvalue weighted by molar-refractivity contribution is 9.10. The van der Waals surface area contributed by atoms with Gasteiger partial charge in [-0.2, -0.15) is 5.10 Å². The Balaban J connectivity index is 2.09. The zero-order valence-electron chi connectivity index (χ0n) is 12.8. The molecule has 118 valence electrons. The van der Waals surface area contributed by atoms with E-state index >= 15 is 0 Å². The molecule has 0 fully saturated rings. The summed E-state index contributed by atoms with van der Waals surface area (Å²) in [4.78, 5) is 11.8. The molecule has 0 saturated carbocycles. The van der Waals surface area contributed by atoms with E-state index in [0.717, 1.165) is 24.2 Å². The van der Waals surface area contributed by atoms with E-state index in [9.17, 15) is 4.79 Å². The van der Waals surface area contributed by atoms with Crippen LogP contribution in [0.4, 0.5) is 5.69 Å². The minimum atomic E-state index is -0.162. The van der Waals surface area contributed by atoms with Crippen LogP contribution in [0.3, 0.4) is 0 Å². The van der Waals surface area contributed by atoms with Crippen LogP contribution in [0.1, 0.15) is 24.5 Å². The van der Waals surface area contributed by atoms with Gasteiger partial charge in [0.2, 0.25) is 0 Å². The van der Waals surface area contributed by atoms with Crippen LogP contribution in [0.25, 0.3) is 0 Å². The summed E-state index contributed by atoms with van der Waals surface area (Å²) < 4.78 is 7.40. The molecule has 0 spiro atoms. The lowest BCUT2D eigenvalue weighted by Crippen LogP contribution is -2.21. The second kappa shape index (κ2) is 8.10. The van der Waals surface area contributed by atoms with Crippen molar-refractivity contribution in [2.24, 2.45) is 7.05 Å². The summed E-state index contributed by atoms with van der Waals surface area (Å²) in [5.41, 5.74) is 2.82. The van der Waals surface area contributed by atoms with Crippen molar-refractivity contribution >= 4 is 21.6 Å². The highest BCUT2D eigenvalue weighted by Gasteiger charge is 2.08. The van der Waals surface area contributed by atoms with Crippen molar-refractivity contribution in [2.45, 2.75) is 26.5 Å². The van der Waals surface area contributed by atoms with Crippen molar-refractivity contribution in [1.29, 1.82) is 0 Å². The molecular weight excluding hydrogens is 346 g/mol. The second-order valence-corrected chi connectivity index (χ2v) is 5.77. The maximum absolute atomic E-state index is 11.8. The summed E-state index contributed by atoms with van der Waals surface area (Å²) in [6.07, 6.45) is 2.65. The lowest BCUT2D eigenvalue weighted by molar-refractivity contribution is 0.121. The van der Waals surface area contributed by atoms with Gasteiger partial charge in [0.05, 0.1) is 18.5 Å². The topological polar surface area (TPSA) is 56.1 Å². The minimum Gasteiger partial charge on any atom is -0.379 e. The molecule has 6 heteroatoms. The van der Waals surface area contributed by atoms with Gasteiger partial charge in [0.15, 0.2) is 0 Å². The van der Waals surface area contributed by atoms with Crippen LogP contribution in [-0.4, -0.2) is 16.4 Å². The second-order valence-electron chi connectivity index (χ2n) is 4.98. The number of hydrogen-bond donors (Lipinski definition) is 1. The number of aromatic nitrogens is 2. The van der Waals surface area contributed by atoms with E-state index in [1.54, 1.807) is 13.2 Å². The van der Waals surface area contributed by atoms with E-state index in [0.29, 0.717) is 23.3 Å². The molecule has 1 N–H and O–H groups in total. The van der Waals surface area contributed by atoms with Gasteiger partial charge in [-0.15, -0.1) is 0 Å². The largest absolute Gasteiger partial charge is 0.379 e. The molecule has 2 aromatic rings. The third-order valence-electron chi connectivity index (χ3n) is 3.27. The molecule has 0 bridgehead atoms. The molecule has 1 aromatic carbocycles. The van der Waals surface area contributed by atoms with Crippen molar-refractivity contribution in [1.82, 2.24) is 9.78 Å². The molecule has 0 saturated heterocycles. The number of rotatable bonds is 7. The summed E-state index contributed by atoms with van der Waals surface area (Å²) in [7, 11) is 1.62. The van der Waals surface area contributed by atoms with Crippen molar-refractivity contribution in [3.63, 3.8) is 0 Å². The first-order chi connectivity index (χ1) is 10.6. The predicted octanol–water partition coefficient (Wildman–Crippen LogP) is 3.08. The first-order valence-electron chi connectivity index (χ1n) is 7.23. The first kappa shape index (κ1) is 16.7. The lowest BCUT2D eigenvalue weighted by Gasteiger charge is -2.12. The van der Waals surface area contributed by atoms with Gasteiger partial charge in [0, 0.05) is 20.2 Å². The lowest BCUT2D eigenvalue weighted by atomic mass is 10.1. The fourth-order valence-corrected chi connectivity index (χ4v) is 2.52. The van der Waals surface area contributed by atoms with Gasteiger partial charge in [-0.1, -0.05) is 31.2 Å². The number of hydrogen-bond acceptors (Lipinski definition) is 4. The Labute approximate surface area is 138 Å². The standard InChI is InChI=1S/C16H20BrN3O2/c1-3-8-22-11-13-7-5-4-6-12(13)9-18-14-10-19-20(2)16(21)15(14)17/h4-7,10,18H,3,8-9,11H2,1-2H3. The molecule has 0 aliphatic heterocycles. The van der Waals surface area contributed by atoms with E-state index in [4.69, 9.17) is 4.74 Å². The normalized spacial score (nSPS) is 10.7. The van der Waals surface area contributed by atoms with Crippen LogP contribution in [0.5, 0.6) is 0 Å². The van der Waals surface area contributed by atoms with Gasteiger partial charge in [-0.3, -0.25) is 4.79 Å². The Kier molecular flexibility index (Phi) is 6.15. The molecule has 5 nitrogen and oxygen atoms in total. The third kappa shape index (κ3) is 4.18. The van der Waals surface area contributed by atoms with Crippen molar-refractivity contribution < 1.29 is 4.74 Å². The predicted molar refractivity (Wildman–Crippen MR) is 90.9 cm³/mol. The maximum Gasteiger partial charge on any atom is 0.282 e. The highest BCUT2D eigenvalue weighted by Crippen LogP contribution is 2.18. The van der Waals surface area contributed by atoms with Gasteiger partial charge < -0.3 is 10.1 Å². The fraction of sp³-hybridized carbons (Fsp3) is 0.375.